The minimum Gasteiger partial charge on any atom is -0.333 e. The number of imidazole rings is 1. The van der Waals surface area contributed by atoms with Crippen molar-refractivity contribution in [3.8, 4) is 0 Å². The van der Waals surface area contributed by atoms with Gasteiger partial charge in [-0.2, -0.15) is 0 Å². The van der Waals surface area contributed by atoms with Gasteiger partial charge in [-0.05, 0) is 25.2 Å². The summed E-state index contributed by atoms with van der Waals surface area (Å²) in [5.41, 5.74) is 2.18. The number of nitrogens with one attached hydrogen (secondary N) is 1. The minimum atomic E-state index is 1.03. The normalized spacial score (nSPS) is 11.5. The lowest BCUT2D eigenvalue weighted by Gasteiger charge is -2.16. The molecule has 1 heterocycles. The Hall–Kier alpha value is -1.00. The molecule has 0 aliphatic heterocycles. The number of benzene rings is 1. The lowest BCUT2D eigenvalue weighted by Crippen LogP contribution is -2.25. The van der Waals surface area contributed by atoms with Crippen molar-refractivity contribution in [2.75, 3.05) is 25.4 Å². The maximum Gasteiger partial charge on any atom is 0.166 e. The highest BCUT2D eigenvalue weighted by Crippen LogP contribution is 2.18. The van der Waals surface area contributed by atoms with Crippen molar-refractivity contribution in [3.05, 3.63) is 24.3 Å². The Morgan fingerprint density at radius 3 is 2.71 bits per heavy atom. The standard InChI is InChI=1S/C13H19N3S/c1-3-16(4-2)9-10-17-13-14-11-7-5-6-8-12(11)15-13/h5-8H,3-4,9-10H2,1-2H3,(H,14,15). The van der Waals surface area contributed by atoms with Crippen LogP contribution in [0.2, 0.25) is 0 Å². The van der Waals surface area contributed by atoms with Gasteiger partial charge in [-0.15, -0.1) is 0 Å². The third-order valence-corrected chi connectivity index (χ3v) is 3.76. The summed E-state index contributed by atoms with van der Waals surface area (Å²) in [5.74, 6) is 1.08. The van der Waals surface area contributed by atoms with Crippen LogP contribution in [0.15, 0.2) is 29.4 Å². The fraction of sp³-hybridized carbons (Fsp3) is 0.462. The molecule has 92 valence electrons. The van der Waals surface area contributed by atoms with Gasteiger partial charge in [0.05, 0.1) is 11.0 Å². The van der Waals surface area contributed by atoms with Crippen molar-refractivity contribution in [2.45, 2.75) is 19.0 Å². The molecule has 0 saturated heterocycles. The van der Waals surface area contributed by atoms with E-state index in [1.54, 1.807) is 11.8 Å². The molecule has 0 saturated carbocycles. The van der Waals surface area contributed by atoms with Crippen LogP contribution in [0.25, 0.3) is 11.0 Å². The Labute approximate surface area is 107 Å². The molecule has 0 amide bonds. The number of para-hydroxylation sites is 2. The minimum absolute atomic E-state index is 1.03. The monoisotopic (exact) mass is 249 g/mol. The van der Waals surface area contributed by atoms with Crippen LogP contribution in [-0.2, 0) is 0 Å². The van der Waals surface area contributed by atoms with Crippen molar-refractivity contribution < 1.29 is 0 Å². The number of hydrogen-bond donors (Lipinski definition) is 1. The predicted molar refractivity (Wildman–Crippen MR) is 74.6 cm³/mol. The molecular weight excluding hydrogens is 230 g/mol. The van der Waals surface area contributed by atoms with E-state index in [9.17, 15) is 0 Å². The number of aromatic nitrogens is 2. The first-order valence-corrected chi connectivity index (χ1v) is 7.12. The first-order valence-electron chi connectivity index (χ1n) is 6.13. The Bertz CT molecular complexity index is 429. The first kappa shape index (κ1) is 12.5. The van der Waals surface area contributed by atoms with E-state index in [0.717, 1.165) is 41.6 Å². The van der Waals surface area contributed by atoms with Gasteiger partial charge in [0.15, 0.2) is 5.16 Å². The number of hydrogen-bond acceptors (Lipinski definition) is 3. The molecule has 0 aliphatic carbocycles. The van der Waals surface area contributed by atoms with E-state index in [1.165, 1.54) is 0 Å². The van der Waals surface area contributed by atoms with Crippen molar-refractivity contribution in [3.63, 3.8) is 0 Å². The highest BCUT2D eigenvalue weighted by Gasteiger charge is 2.03. The van der Waals surface area contributed by atoms with Gasteiger partial charge in [0, 0.05) is 12.3 Å². The van der Waals surface area contributed by atoms with E-state index in [0.29, 0.717) is 0 Å². The van der Waals surface area contributed by atoms with Gasteiger partial charge in [-0.25, -0.2) is 4.98 Å². The first-order chi connectivity index (χ1) is 8.33. The number of fused-ring (bicyclic) bond motifs is 1. The number of thioether (sulfide) groups is 1. The van der Waals surface area contributed by atoms with E-state index in [1.807, 2.05) is 18.2 Å². The summed E-state index contributed by atoms with van der Waals surface area (Å²) in [4.78, 5) is 10.3. The van der Waals surface area contributed by atoms with Crippen LogP contribution in [0.5, 0.6) is 0 Å². The Balaban J connectivity index is 1.90. The van der Waals surface area contributed by atoms with Crippen LogP contribution in [0, 0.1) is 0 Å². The van der Waals surface area contributed by atoms with Crippen LogP contribution >= 0.6 is 11.8 Å². The van der Waals surface area contributed by atoms with Gasteiger partial charge < -0.3 is 9.88 Å². The second kappa shape index (κ2) is 6.07. The van der Waals surface area contributed by atoms with Crippen LogP contribution in [-0.4, -0.2) is 40.3 Å². The summed E-state index contributed by atoms with van der Waals surface area (Å²) >= 11 is 1.80. The van der Waals surface area contributed by atoms with Gasteiger partial charge in [-0.3, -0.25) is 0 Å². The summed E-state index contributed by atoms with van der Waals surface area (Å²) in [6, 6.07) is 8.16. The Morgan fingerprint density at radius 1 is 1.24 bits per heavy atom. The van der Waals surface area contributed by atoms with Crippen molar-refractivity contribution >= 4 is 22.8 Å². The fourth-order valence-corrected chi connectivity index (χ4v) is 2.70. The van der Waals surface area contributed by atoms with Crippen LogP contribution in [0.4, 0.5) is 0 Å². The molecule has 2 aromatic rings. The third kappa shape index (κ3) is 3.23. The summed E-state index contributed by atoms with van der Waals surface area (Å²) < 4.78 is 0. The lowest BCUT2D eigenvalue weighted by atomic mass is 10.3. The van der Waals surface area contributed by atoms with Crippen LogP contribution < -0.4 is 0 Å². The SMILES string of the molecule is CCN(CC)CCSc1nc2ccccc2[nH]1. The zero-order valence-corrected chi connectivity index (χ0v) is 11.3. The summed E-state index contributed by atoms with van der Waals surface area (Å²) in [6.07, 6.45) is 0. The number of aromatic amines is 1. The summed E-state index contributed by atoms with van der Waals surface area (Å²) in [7, 11) is 0. The maximum absolute atomic E-state index is 4.55. The third-order valence-electron chi connectivity index (χ3n) is 2.91. The molecular formula is C13H19N3S. The molecule has 0 spiro atoms. The maximum atomic E-state index is 4.55. The molecule has 4 heteroatoms. The quantitative estimate of drug-likeness (QED) is 0.799. The summed E-state index contributed by atoms with van der Waals surface area (Å²) in [5, 5.41) is 1.03. The zero-order chi connectivity index (χ0) is 12.1. The van der Waals surface area contributed by atoms with E-state index < -0.39 is 0 Å². The van der Waals surface area contributed by atoms with Crippen LogP contribution in [0.1, 0.15) is 13.8 Å². The van der Waals surface area contributed by atoms with Gasteiger partial charge >= 0.3 is 0 Å². The molecule has 0 unspecified atom stereocenters. The zero-order valence-electron chi connectivity index (χ0n) is 10.4. The molecule has 0 atom stereocenters. The van der Waals surface area contributed by atoms with E-state index in [2.05, 4.69) is 34.8 Å². The average molecular weight is 249 g/mol. The summed E-state index contributed by atoms with van der Waals surface area (Å²) in [6.45, 7) is 7.77. The predicted octanol–water partition coefficient (Wildman–Crippen LogP) is 3.00. The molecule has 0 aliphatic rings. The molecule has 2 rings (SSSR count). The van der Waals surface area contributed by atoms with E-state index >= 15 is 0 Å². The molecule has 0 bridgehead atoms. The highest BCUT2D eigenvalue weighted by molar-refractivity contribution is 7.99. The average Bonchev–Trinajstić information content (AvgIpc) is 2.77. The molecule has 1 N–H and O–H groups in total. The van der Waals surface area contributed by atoms with Crippen molar-refractivity contribution in [2.24, 2.45) is 0 Å². The lowest BCUT2D eigenvalue weighted by molar-refractivity contribution is 0.324. The molecule has 0 radical (unpaired) electrons. The molecule has 1 aromatic heterocycles. The number of rotatable bonds is 6. The molecule has 3 nitrogen and oxygen atoms in total. The van der Waals surface area contributed by atoms with Crippen molar-refractivity contribution in [1.29, 1.82) is 0 Å². The second-order valence-electron chi connectivity index (χ2n) is 3.93. The van der Waals surface area contributed by atoms with E-state index in [4.69, 9.17) is 0 Å². The number of H-pyrrole nitrogens is 1. The number of nitrogens with zero attached hydrogens (tertiary/aromatic N) is 2. The smallest absolute Gasteiger partial charge is 0.166 e. The van der Waals surface area contributed by atoms with Gasteiger partial charge in [0.1, 0.15) is 0 Å². The van der Waals surface area contributed by atoms with Crippen molar-refractivity contribution in [1.82, 2.24) is 14.9 Å². The topological polar surface area (TPSA) is 31.9 Å². The largest absolute Gasteiger partial charge is 0.333 e. The molecule has 1 aromatic carbocycles. The second-order valence-corrected chi connectivity index (χ2v) is 5.02. The Morgan fingerprint density at radius 2 is 2.00 bits per heavy atom. The van der Waals surface area contributed by atoms with Gasteiger partial charge in [0.2, 0.25) is 0 Å². The van der Waals surface area contributed by atoms with Gasteiger partial charge in [0.25, 0.3) is 0 Å². The van der Waals surface area contributed by atoms with Crippen LogP contribution in [0.3, 0.4) is 0 Å². The van der Waals surface area contributed by atoms with E-state index in [-0.39, 0.29) is 0 Å². The Kier molecular flexibility index (Phi) is 4.45. The molecule has 17 heavy (non-hydrogen) atoms. The molecule has 0 fully saturated rings. The highest BCUT2D eigenvalue weighted by atomic mass is 32.2. The fourth-order valence-electron chi connectivity index (χ4n) is 1.81. The van der Waals surface area contributed by atoms with Gasteiger partial charge in [-0.1, -0.05) is 37.7 Å².